The Morgan fingerprint density at radius 1 is 1.64 bits per heavy atom. The normalized spacial score (nSPS) is 12.9. The molecule has 0 bridgehead atoms. The molecule has 1 unspecified atom stereocenters. The van der Waals surface area contributed by atoms with Crippen LogP contribution in [-0.4, -0.2) is 47.3 Å². The SMILES string of the molecule is CC(COC(=O)n1ccnc1)N(C)C. The van der Waals surface area contributed by atoms with Gasteiger partial charge in [0.1, 0.15) is 12.9 Å². The molecule has 14 heavy (non-hydrogen) atoms. The maximum atomic E-state index is 11.3. The lowest BCUT2D eigenvalue weighted by molar-refractivity contribution is 0.116. The molecule has 1 heterocycles. The molecule has 0 N–H and O–H groups in total. The van der Waals surface area contributed by atoms with Gasteiger partial charge in [0, 0.05) is 18.4 Å². The monoisotopic (exact) mass is 197 g/mol. The predicted octanol–water partition coefficient (Wildman–Crippen LogP) is 0.818. The number of nitrogens with zero attached hydrogens (tertiary/aromatic N) is 3. The summed E-state index contributed by atoms with van der Waals surface area (Å²) in [5.41, 5.74) is 0. The van der Waals surface area contributed by atoms with Gasteiger partial charge in [0.25, 0.3) is 0 Å². The highest BCUT2D eigenvalue weighted by atomic mass is 16.5. The number of ether oxygens (including phenoxy) is 1. The highest BCUT2D eigenvalue weighted by Crippen LogP contribution is 1.95. The Labute approximate surface area is 83.3 Å². The van der Waals surface area contributed by atoms with Crippen molar-refractivity contribution in [3.05, 3.63) is 18.7 Å². The van der Waals surface area contributed by atoms with Crippen LogP contribution < -0.4 is 0 Å². The third kappa shape index (κ3) is 2.85. The standard InChI is InChI=1S/C9H15N3O2/c1-8(11(2)3)6-14-9(13)12-5-4-10-7-12/h4-5,7-8H,6H2,1-3H3. The Morgan fingerprint density at radius 3 is 2.86 bits per heavy atom. The predicted molar refractivity (Wildman–Crippen MR) is 52.1 cm³/mol. The molecule has 0 aromatic carbocycles. The molecular formula is C9H15N3O2. The highest BCUT2D eigenvalue weighted by molar-refractivity contribution is 5.69. The molecular weight excluding hydrogens is 182 g/mol. The first-order chi connectivity index (χ1) is 6.61. The average molecular weight is 197 g/mol. The van der Waals surface area contributed by atoms with Crippen LogP contribution in [0.2, 0.25) is 0 Å². The molecule has 78 valence electrons. The van der Waals surface area contributed by atoms with Gasteiger partial charge in [-0.2, -0.15) is 0 Å². The average Bonchev–Trinajstić information content (AvgIpc) is 2.66. The van der Waals surface area contributed by atoms with E-state index in [1.807, 2.05) is 25.9 Å². The van der Waals surface area contributed by atoms with Crippen LogP contribution in [0.4, 0.5) is 4.79 Å². The molecule has 0 aliphatic carbocycles. The van der Waals surface area contributed by atoms with E-state index in [2.05, 4.69) is 4.98 Å². The van der Waals surface area contributed by atoms with Gasteiger partial charge in [0.2, 0.25) is 0 Å². The molecule has 0 saturated heterocycles. The van der Waals surface area contributed by atoms with E-state index in [1.54, 1.807) is 6.20 Å². The van der Waals surface area contributed by atoms with Crippen LogP contribution in [0.15, 0.2) is 18.7 Å². The van der Waals surface area contributed by atoms with E-state index in [-0.39, 0.29) is 6.04 Å². The van der Waals surface area contributed by atoms with Crippen LogP contribution in [0, 0.1) is 0 Å². The van der Waals surface area contributed by atoms with Gasteiger partial charge in [-0.05, 0) is 21.0 Å². The third-order valence-corrected chi connectivity index (χ3v) is 2.04. The van der Waals surface area contributed by atoms with Crippen molar-refractivity contribution >= 4 is 6.09 Å². The Hall–Kier alpha value is -1.36. The van der Waals surface area contributed by atoms with Crippen LogP contribution in [0.5, 0.6) is 0 Å². The largest absolute Gasteiger partial charge is 0.447 e. The van der Waals surface area contributed by atoms with Crippen molar-refractivity contribution in [1.29, 1.82) is 0 Å². The lowest BCUT2D eigenvalue weighted by Gasteiger charge is -2.19. The van der Waals surface area contributed by atoms with Crippen molar-refractivity contribution < 1.29 is 9.53 Å². The number of aromatic nitrogens is 2. The minimum absolute atomic E-state index is 0.211. The fraction of sp³-hybridized carbons (Fsp3) is 0.556. The summed E-state index contributed by atoms with van der Waals surface area (Å²) in [5, 5.41) is 0. The van der Waals surface area contributed by atoms with Crippen LogP contribution in [0.3, 0.4) is 0 Å². The third-order valence-electron chi connectivity index (χ3n) is 2.04. The first-order valence-electron chi connectivity index (χ1n) is 4.42. The quantitative estimate of drug-likeness (QED) is 0.719. The number of rotatable bonds is 3. The smallest absolute Gasteiger partial charge is 0.419 e. The number of likely N-dealkylation sites (N-methyl/N-ethyl adjacent to an activating group) is 1. The molecule has 5 heteroatoms. The molecule has 5 nitrogen and oxygen atoms in total. The van der Waals surface area contributed by atoms with Crippen molar-refractivity contribution in [1.82, 2.24) is 14.5 Å². The number of carbonyl (C=O) groups is 1. The minimum atomic E-state index is -0.392. The second-order valence-electron chi connectivity index (χ2n) is 3.36. The molecule has 1 atom stereocenters. The summed E-state index contributed by atoms with van der Waals surface area (Å²) >= 11 is 0. The summed E-state index contributed by atoms with van der Waals surface area (Å²) in [5.74, 6) is 0. The van der Waals surface area contributed by atoms with Gasteiger partial charge in [-0.15, -0.1) is 0 Å². The van der Waals surface area contributed by atoms with E-state index >= 15 is 0 Å². The van der Waals surface area contributed by atoms with E-state index in [1.165, 1.54) is 17.1 Å². The molecule has 0 aliphatic rings. The molecule has 0 fully saturated rings. The summed E-state index contributed by atoms with van der Waals surface area (Å²) in [6, 6.07) is 0.211. The Morgan fingerprint density at radius 2 is 2.36 bits per heavy atom. The zero-order valence-electron chi connectivity index (χ0n) is 8.67. The maximum absolute atomic E-state index is 11.3. The summed E-state index contributed by atoms with van der Waals surface area (Å²) in [4.78, 5) is 17.1. The van der Waals surface area contributed by atoms with Gasteiger partial charge in [0.15, 0.2) is 0 Å². The Kier molecular flexibility index (Phi) is 3.64. The fourth-order valence-electron chi connectivity index (χ4n) is 0.783. The zero-order valence-corrected chi connectivity index (χ0v) is 8.67. The lowest BCUT2D eigenvalue weighted by Crippen LogP contribution is -2.31. The minimum Gasteiger partial charge on any atom is -0.447 e. The van der Waals surface area contributed by atoms with Crippen molar-refractivity contribution in [3.63, 3.8) is 0 Å². The summed E-state index contributed by atoms with van der Waals surface area (Å²) < 4.78 is 6.36. The second kappa shape index (κ2) is 4.76. The van der Waals surface area contributed by atoms with E-state index in [0.29, 0.717) is 6.61 Å². The lowest BCUT2D eigenvalue weighted by atomic mass is 10.3. The van der Waals surface area contributed by atoms with Gasteiger partial charge in [-0.25, -0.2) is 14.3 Å². The van der Waals surface area contributed by atoms with Crippen molar-refractivity contribution in [3.8, 4) is 0 Å². The number of imidazole rings is 1. The van der Waals surface area contributed by atoms with E-state index < -0.39 is 6.09 Å². The van der Waals surface area contributed by atoms with Crippen LogP contribution in [0.25, 0.3) is 0 Å². The molecule has 0 radical (unpaired) electrons. The molecule has 1 aromatic rings. The van der Waals surface area contributed by atoms with Crippen LogP contribution in [-0.2, 0) is 4.74 Å². The Balaban J connectivity index is 2.36. The topological polar surface area (TPSA) is 47.4 Å². The van der Waals surface area contributed by atoms with Gasteiger partial charge in [0.05, 0.1) is 0 Å². The molecule has 1 aromatic heterocycles. The number of carbonyl (C=O) groups excluding carboxylic acids is 1. The van der Waals surface area contributed by atoms with Crippen molar-refractivity contribution in [2.45, 2.75) is 13.0 Å². The van der Waals surface area contributed by atoms with Crippen LogP contribution >= 0.6 is 0 Å². The first-order valence-corrected chi connectivity index (χ1v) is 4.42. The fourth-order valence-corrected chi connectivity index (χ4v) is 0.783. The summed E-state index contributed by atoms with van der Waals surface area (Å²) in [7, 11) is 3.88. The first kappa shape index (κ1) is 10.7. The van der Waals surface area contributed by atoms with E-state index in [4.69, 9.17) is 4.74 Å². The number of hydrogen-bond acceptors (Lipinski definition) is 4. The second-order valence-corrected chi connectivity index (χ2v) is 3.36. The molecule has 0 spiro atoms. The van der Waals surface area contributed by atoms with Gasteiger partial charge < -0.3 is 9.64 Å². The molecule has 0 amide bonds. The zero-order chi connectivity index (χ0) is 10.6. The van der Waals surface area contributed by atoms with E-state index in [9.17, 15) is 4.79 Å². The Bertz CT molecular complexity index is 282. The maximum Gasteiger partial charge on any atom is 0.419 e. The molecule has 1 rings (SSSR count). The molecule has 0 saturated carbocycles. The summed E-state index contributed by atoms with van der Waals surface area (Å²) in [6.07, 6.45) is 4.12. The van der Waals surface area contributed by atoms with Crippen molar-refractivity contribution in [2.24, 2.45) is 0 Å². The van der Waals surface area contributed by atoms with Gasteiger partial charge >= 0.3 is 6.09 Å². The molecule has 0 aliphatic heterocycles. The van der Waals surface area contributed by atoms with Crippen LogP contribution in [0.1, 0.15) is 6.92 Å². The van der Waals surface area contributed by atoms with E-state index in [0.717, 1.165) is 0 Å². The highest BCUT2D eigenvalue weighted by Gasteiger charge is 2.09. The van der Waals surface area contributed by atoms with Gasteiger partial charge in [-0.1, -0.05) is 0 Å². The van der Waals surface area contributed by atoms with Crippen molar-refractivity contribution in [2.75, 3.05) is 20.7 Å². The number of hydrogen-bond donors (Lipinski definition) is 0. The summed E-state index contributed by atoms with van der Waals surface area (Å²) in [6.45, 7) is 2.37. The van der Waals surface area contributed by atoms with Gasteiger partial charge in [-0.3, -0.25) is 0 Å².